The van der Waals surface area contributed by atoms with Gasteiger partial charge in [0.15, 0.2) is 0 Å². The van der Waals surface area contributed by atoms with Crippen molar-refractivity contribution in [2.45, 2.75) is 11.9 Å². The number of nitrogens with one attached hydrogen (secondary N) is 1. The molecule has 1 N–H and O–H groups in total. The number of halogens is 3. The second-order valence-corrected chi connectivity index (χ2v) is 2.67. The predicted octanol–water partition coefficient (Wildman–Crippen LogP) is 1.82. The zero-order chi connectivity index (χ0) is 10.1. The molecule has 13 heavy (non-hydrogen) atoms. The van der Waals surface area contributed by atoms with E-state index in [1.165, 1.54) is 0 Å². The second-order valence-electron chi connectivity index (χ2n) is 2.35. The first-order valence-electron chi connectivity index (χ1n) is 3.35. The molecule has 0 saturated heterocycles. The first kappa shape index (κ1) is 10.2. The fourth-order valence-electron chi connectivity index (χ4n) is 0.933. The van der Waals surface area contributed by atoms with Crippen molar-refractivity contribution in [3.8, 4) is 0 Å². The Labute approximate surface area is 77.2 Å². The number of hydrogen-bond donors (Lipinski definition) is 2. The van der Waals surface area contributed by atoms with E-state index in [0.29, 0.717) is 0 Å². The van der Waals surface area contributed by atoms with Crippen LogP contribution in [0.4, 0.5) is 13.2 Å². The van der Waals surface area contributed by atoms with Crippen molar-refractivity contribution in [3.63, 3.8) is 0 Å². The van der Waals surface area contributed by atoms with E-state index in [0.717, 1.165) is 12.3 Å². The first-order chi connectivity index (χ1) is 5.96. The van der Waals surface area contributed by atoms with Crippen LogP contribution in [0.25, 0.3) is 0 Å². The van der Waals surface area contributed by atoms with E-state index < -0.39 is 17.3 Å². The van der Waals surface area contributed by atoms with Gasteiger partial charge in [-0.2, -0.15) is 25.8 Å². The summed E-state index contributed by atoms with van der Waals surface area (Å²) in [6.45, 7) is 0. The fourth-order valence-corrected chi connectivity index (χ4v) is 1.25. The lowest BCUT2D eigenvalue weighted by Gasteiger charge is -2.09. The number of thiol groups is 1. The smallest absolute Gasteiger partial charge is 0.329 e. The van der Waals surface area contributed by atoms with Crippen molar-refractivity contribution in [1.29, 1.82) is 0 Å². The van der Waals surface area contributed by atoms with Gasteiger partial charge in [-0.25, -0.2) is 0 Å². The maximum atomic E-state index is 12.2. The van der Waals surface area contributed by atoms with Crippen LogP contribution in [-0.4, -0.2) is 4.98 Å². The van der Waals surface area contributed by atoms with Crippen LogP contribution in [0.3, 0.4) is 0 Å². The van der Waals surface area contributed by atoms with E-state index in [9.17, 15) is 18.0 Å². The molecule has 0 bridgehead atoms. The average Bonchev–Trinajstić information content (AvgIpc) is 2.02. The Morgan fingerprint density at radius 3 is 2.46 bits per heavy atom. The molecule has 1 aromatic rings. The first-order valence-corrected chi connectivity index (χ1v) is 3.98. The molecule has 0 aliphatic heterocycles. The van der Waals surface area contributed by atoms with Crippen molar-refractivity contribution in [1.82, 2.24) is 4.98 Å². The Balaban J connectivity index is 3.38. The summed E-state index contributed by atoms with van der Waals surface area (Å²) >= 11 is 3.66. The quantitative estimate of drug-likeness (QED) is 0.679. The van der Waals surface area contributed by atoms with E-state index >= 15 is 0 Å². The molecule has 0 saturated carbocycles. The van der Waals surface area contributed by atoms with E-state index in [-0.39, 0.29) is 11.3 Å². The van der Waals surface area contributed by atoms with Crippen LogP contribution in [0.5, 0.6) is 0 Å². The zero-order valence-electron chi connectivity index (χ0n) is 6.35. The van der Waals surface area contributed by atoms with Gasteiger partial charge in [-0.3, -0.25) is 4.79 Å². The monoisotopic (exact) mass is 209 g/mol. The Morgan fingerprint density at radius 1 is 1.46 bits per heavy atom. The molecule has 0 aliphatic rings. The molecule has 0 amide bonds. The lowest BCUT2D eigenvalue weighted by Crippen LogP contribution is -2.19. The average molecular weight is 209 g/mol. The van der Waals surface area contributed by atoms with Gasteiger partial charge in [-0.1, -0.05) is 0 Å². The third kappa shape index (κ3) is 2.06. The predicted molar refractivity (Wildman–Crippen MR) is 44.8 cm³/mol. The number of aromatic nitrogens is 1. The Kier molecular flexibility index (Phi) is 2.70. The minimum absolute atomic E-state index is 0.231. The number of pyridine rings is 1. The molecule has 1 heterocycles. The molecule has 0 aliphatic carbocycles. The molecule has 0 radical (unpaired) electrons. The van der Waals surface area contributed by atoms with Gasteiger partial charge in [0.25, 0.3) is 5.56 Å². The van der Waals surface area contributed by atoms with Crippen molar-refractivity contribution in [3.05, 3.63) is 33.7 Å². The van der Waals surface area contributed by atoms with Crippen LogP contribution in [0.2, 0.25) is 0 Å². The number of H-pyrrole nitrogens is 1. The highest BCUT2D eigenvalue weighted by Gasteiger charge is 2.33. The molecule has 2 nitrogen and oxygen atoms in total. The second kappa shape index (κ2) is 3.45. The van der Waals surface area contributed by atoms with Crippen LogP contribution in [-0.2, 0) is 11.9 Å². The maximum Gasteiger partial charge on any atom is 0.416 e. The summed E-state index contributed by atoms with van der Waals surface area (Å²) in [5.41, 5.74) is -2.02. The molecule has 0 atom stereocenters. The summed E-state index contributed by atoms with van der Waals surface area (Å²) < 4.78 is 36.7. The molecule has 1 rings (SSSR count). The summed E-state index contributed by atoms with van der Waals surface area (Å²) in [7, 11) is 0. The van der Waals surface area contributed by atoms with Gasteiger partial charge in [0, 0.05) is 17.5 Å². The summed E-state index contributed by atoms with van der Waals surface area (Å²) in [6, 6.07) is 0.826. The lowest BCUT2D eigenvalue weighted by atomic mass is 10.1. The number of rotatable bonds is 1. The van der Waals surface area contributed by atoms with E-state index in [4.69, 9.17) is 0 Å². The van der Waals surface area contributed by atoms with Crippen LogP contribution < -0.4 is 5.56 Å². The zero-order valence-corrected chi connectivity index (χ0v) is 7.25. The SMILES string of the molecule is O=c1[nH]ccc(C(F)(F)F)c1CS. The summed E-state index contributed by atoms with van der Waals surface area (Å²) in [4.78, 5) is 13.1. The van der Waals surface area contributed by atoms with Crippen LogP contribution in [0, 0.1) is 0 Å². The largest absolute Gasteiger partial charge is 0.416 e. The molecule has 0 aromatic carbocycles. The van der Waals surface area contributed by atoms with Gasteiger partial charge in [0.05, 0.1) is 5.56 Å². The van der Waals surface area contributed by atoms with Gasteiger partial charge in [0.2, 0.25) is 0 Å². The summed E-state index contributed by atoms with van der Waals surface area (Å²) in [6.07, 6.45) is -3.52. The molecule has 72 valence electrons. The number of alkyl halides is 3. The van der Waals surface area contributed by atoms with Crippen LogP contribution >= 0.6 is 12.6 Å². The van der Waals surface area contributed by atoms with Crippen molar-refractivity contribution in [2.75, 3.05) is 0 Å². The number of aromatic amines is 1. The molecular weight excluding hydrogens is 203 g/mol. The highest BCUT2D eigenvalue weighted by Crippen LogP contribution is 2.30. The highest BCUT2D eigenvalue weighted by molar-refractivity contribution is 7.79. The minimum Gasteiger partial charge on any atom is -0.329 e. The lowest BCUT2D eigenvalue weighted by molar-refractivity contribution is -0.138. The Bertz CT molecular complexity index is 357. The summed E-state index contributed by atoms with van der Waals surface area (Å²) in [5.74, 6) is -0.231. The summed E-state index contributed by atoms with van der Waals surface area (Å²) in [5, 5.41) is 0. The molecule has 0 unspecified atom stereocenters. The molecule has 1 aromatic heterocycles. The van der Waals surface area contributed by atoms with E-state index in [1.807, 2.05) is 0 Å². The van der Waals surface area contributed by atoms with Crippen molar-refractivity contribution in [2.24, 2.45) is 0 Å². The third-order valence-electron chi connectivity index (χ3n) is 1.53. The van der Waals surface area contributed by atoms with E-state index in [2.05, 4.69) is 17.6 Å². The highest BCUT2D eigenvalue weighted by atomic mass is 32.1. The third-order valence-corrected chi connectivity index (χ3v) is 1.84. The van der Waals surface area contributed by atoms with Crippen molar-refractivity contribution >= 4 is 12.6 Å². The number of hydrogen-bond acceptors (Lipinski definition) is 2. The molecule has 0 spiro atoms. The molecule has 0 fully saturated rings. The topological polar surface area (TPSA) is 32.9 Å². The van der Waals surface area contributed by atoms with E-state index in [1.54, 1.807) is 0 Å². The minimum atomic E-state index is -4.49. The van der Waals surface area contributed by atoms with Crippen LogP contribution in [0.1, 0.15) is 11.1 Å². The van der Waals surface area contributed by atoms with Crippen LogP contribution in [0.15, 0.2) is 17.1 Å². The van der Waals surface area contributed by atoms with Gasteiger partial charge < -0.3 is 4.98 Å². The Hall–Kier alpha value is -0.910. The molecule has 6 heteroatoms. The molecular formula is C7H6F3NOS. The normalized spacial score (nSPS) is 11.7. The standard InChI is InChI=1S/C7H6F3NOS/c8-7(9,10)5-1-2-11-6(12)4(5)3-13/h1-2,13H,3H2,(H,11,12). The van der Waals surface area contributed by atoms with Crippen molar-refractivity contribution < 1.29 is 13.2 Å². The van der Waals surface area contributed by atoms with Gasteiger partial charge in [-0.05, 0) is 6.07 Å². The van der Waals surface area contributed by atoms with Gasteiger partial charge in [-0.15, -0.1) is 0 Å². The maximum absolute atomic E-state index is 12.2. The van der Waals surface area contributed by atoms with Gasteiger partial charge >= 0.3 is 6.18 Å². The fraction of sp³-hybridized carbons (Fsp3) is 0.286. The van der Waals surface area contributed by atoms with Gasteiger partial charge in [0.1, 0.15) is 0 Å². The Morgan fingerprint density at radius 2 is 2.08 bits per heavy atom.